The van der Waals surface area contributed by atoms with Crippen LogP contribution in [0.25, 0.3) is 33.3 Å². The maximum absolute atomic E-state index is 13.3. The van der Waals surface area contributed by atoms with Gasteiger partial charge in [0.15, 0.2) is 0 Å². The largest absolute Gasteiger partial charge is 0.481 e. The second-order valence-electron chi connectivity index (χ2n) is 13.8. The lowest BCUT2D eigenvalue weighted by molar-refractivity contribution is -0.179. The lowest BCUT2D eigenvalue weighted by atomic mass is 9.89. The molecular weight excluding hydrogens is 670 g/mol. The maximum atomic E-state index is 13.3. The Kier molecular flexibility index (Phi) is 8.01. The predicted molar refractivity (Wildman–Crippen MR) is 196 cm³/mol. The number of pyridine rings is 2. The van der Waals surface area contributed by atoms with E-state index in [0.29, 0.717) is 39.9 Å². The molecule has 3 aromatic heterocycles. The summed E-state index contributed by atoms with van der Waals surface area (Å²) in [6.45, 7) is 5.96. The van der Waals surface area contributed by atoms with E-state index in [4.69, 9.17) is 26.1 Å². The number of ether oxygens (including phenoxy) is 2. The molecular formula is C38H38ClN7O5. The molecule has 3 aliphatic rings. The van der Waals surface area contributed by atoms with Gasteiger partial charge in [-0.15, -0.1) is 0 Å². The van der Waals surface area contributed by atoms with E-state index in [1.165, 1.54) is 17.2 Å². The van der Waals surface area contributed by atoms with Crippen LogP contribution in [-0.2, 0) is 30.0 Å². The minimum Gasteiger partial charge on any atom is -0.481 e. The fraction of sp³-hybridized carbons (Fsp3) is 0.342. The SMILES string of the molecule is COc1nc(-c2cccc(-c3cccc(Nc4nc(C)cc5c4c(=O)n(C)c(=O)n5C)c3C)c2Cl)cc2c1[C@H](N1CC3(CNC(=O)CO3)C1)CC2. The van der Waals surface area contributed by atoms with Gasteiger partial charge in [-0.05, 0) is 61.6 Å². The first-order valence-electron chi connectivity index (χ1n) is 16.9. The number of carbonyl (C=O) groups excluding carboxylic acids is 1. The molecule has 262 valence electrons. The van der Waals surface area contributed by atoms with Gasteiger partial charge in [-0.2, -0.15) is 0 Å². The number of aromatic nitrogens is 4. The number of morpholine rings is 1. The molecule has 2 aromatic carbocycles. The summed E-state index contributed by atoms with van der Waals surface area (Å²) >= 11 is 7.24. The van der Waals surface area contributed by atoms with Gasteiger partial charge in [0.2, 0.25) is 11.8 Å². The summed E-state index contributed by atoms with van der Waals surface area (Å²) in [7, 11) is 4.77. The van der Waals surface area contributed by atoms with Gasteiger partial charge < -0.3 is 20.1 Å². The van der Waals surface area contributed by atoms with Crippen molar-refractivity contribution in [1.29, 1.82) is 0 Å². The Labute approximate surface area is 299 Å². The summed E-state index contributed by atoms with van der Waals surface area (Å²) in [5.74, 6) is 0.900. The molecule has 5 aromatic rings. The monoisotopic (exact) mass is 707 g/mol. The van der Waals surface area contributed by atoms with Crippen molar-refractivity contribution in [1.82, 2.24) is 29.3 Å². The molecule has 51 heavy (non-hydrogen) atoms. The van der Waals surface area contributed by atoms with Crippen LogP contribution in [0.4, 0.5) is 11.5 Å². The van der Waals surface area contributed by atoms with Crippen LogP contribution in [0.2, 0.25) is 5.02 Å². The van der Waals surface area contributed by atoms with Gasteiger partial charge in [0.05, 0.1) is 23.3 Å². The fourth-order valence-electron chi connectivity index (χ4n) is 7.87. The van der Waals surface area contributed by atoms with Gasteiger partial charge in [0.25, 0.3) is 5.56 Å². The molecule has 12 nitrogen and oxygen atoms in total. The molecule has 2 N–H and O–H groups in total. The first-order valence-corrected chi connectivity index (χ1v) is 17.3. The van der Waals surface area contributed by atoms with E-state index in [2.05, 4.69) is 26.6 Å². The Bertz CT molecular complexity index is 2390. The van der Waals surface area contributed by atoms with E-state index in [0.717, 1.165) is 69.7 Å². The molecule has 2 aliphatic heterocycles. The zero-order chi connectivity index (χ0) is 35.8. The highest BCUT2D eigenvalue weighted by Gasteiger charge is 2.50. The number of nitrogens with zero attached hydrogens (tertiary/aromatic N) is 5. The van der Waals surface area contributed by atoms with Gasteiger partial charge in [-0.3, -0.25) is 23.6 Å². The number of rotatable bonds is 6. The molecule has 0 saturated carbocycles. The summed E-state index contributed by atoms with van der Waals surface area (Å²) in [5, 5.41) is 7.22. The number of likely N-dealkylation sites (tertiary alicyclic amines) is 1. The number of benzene rings is 2. The fourth-order valence-corrected chi connectivity index (χ4v) is 8.20. The number of fused-ring (bicyclic) bond motifs is 2. The average Bonchev–Trinajstić information content (AvgIpc) is 3.53. The van der Waals surface area contributed by atoms with Gasteiger partial charge in [-0.1, -0.05) is 41.9 Å². The third kappa shape index (κ3) is 5.40. The zero-order valence-electron chi connectivity index (χ0n) is 29.1. The number of hydrogen-bond donors (Lipinski definition) is 2. The number of nitrogens with one attached hydrogen (secondary N) is 2. The molecule has 0 radical (unpaired) electrons. The third-order valence-electron chi connectivity index (χ3n) is 10.6. The maximum Gasteiger partial charge on any atom is 0.330 e. The molecule has 8 rings (SSSR count). The number of methoxy groups -OCH3 is 1. The van der Waals surface area contributed by atoms with Crippen molar-refractivity contribution in [2.24, 2.45) is 14.1 Å². The summed E-state index contributed by atoms with van der Waals surface area (Å²) in [4.78, 5) is 49.6. The van der Waals surface area contributed by atoms with Crippen LogP contribution in [0, 0.1) is 13.8 Å². The first-order chi connectivity index (χ1) is 24.5. The molecule has 1 amide bonds. The van der Waals surface area contributed by atoms with Crippen LogP contribution >= 0.6 is 11.6 Å². The number of anilines is 2. The Morgan fingerprint density at radius 2 is 1.75 bits per heavy atom. The Balaban J connectivity index is 1.12. The number of halogens is 1. The Hall–Kier alpha value is -5.04. The number of amides is 1. The molecule has 0 unspecified atom stereocenters. The van der Waals surface area contributed by atoms with Gasteiger partial charge in [0.1, 0.15) is 23.4 Å². The highest BCUT2D eigenvalue weighted by molar-refractivity contribution is 6.36. The lowest BCUT2D eigenvalue weighted by Crippen LogP contribution is -2.70. The highest BCUT2D eigenvalue weighted by atomic mass is 35.5. The molecule has 1 aliphatic carbocycles. The third-order valence-corrected chi connectivity index (χ3v) is 11.0. The van der Waals surface area contributed by atoms with Crippen molar-refractivity contribution < 1.29 is 14.3 Å². The minimum atomic E-state index is -0.418. The van der Waals surface area contributed by atoms with E-state index < -0.39 is 11.2 Å². The number of hydrogen-bond acceptors (Lipinski definition) is 9. The summed E-state index contributed by atoms with van der Waals surface area (Å²) in [6, 6.07) is 15.8. The van der Waals surface area contributed by atoms with Gasteiger partial charge >= 0.3 is 5.69 Å². The highest BCUT2D eigenvalue weighted by Crippen LogP contribution is 2.47. The standard InChI is InChI=1S/C38H38ClN7O5/c1-20-14-29-32(36(48)45(4)37(49)44(29)3)34(41-20)42-26-11-7-8-23(21(26)2)24-9-6-10-25(33(24)39)27-15-22-12-13-28(31(22)35(43-27)50-5)46-18-38(19-46)17-40-30(47)16-51-38/h6-11,14-15,28H,12-13,16-19H2,1-5H3,(H,40,47)(H,41,42)/t28-/m1/s1. The molecule has 1 atom stereocenters. The minimum absolute atomic E-state index is 0.0672. The Morgan fingerprint density at radius 1 is 1.00 bits per heavy atom. The number of carbonyl (C=O) groups is 1. The molecule has 13 heteroatoms. The summed E-state index contributed by atoms with van der Waals surface area (Å²) < 4.78 is 14.4. The predicted octanol–water partition coefficient (Wildman–Crippen LogP) is 4.57. The van der Waals surface area contributed by atoms with Crippen LogP contribution in [0.3, 0.4) is 0 Å². The summed E-state index contributed by atoms with van der Waals surface area (Å²) in [6.07, 6.45) is 1.83. The first kappa shape index (κ1) is 33.1. The van der Waals surface area contributed by atoms with Crippen LogP contribution < -0.4 is 26.6 Å². The Morgan fingerprint density at radius 3 is 2.49 bits per heavy atom. The van der Waals surface area contributed by atoms with E-state index >= 15 is 0 Å². The van der Waals surface area contributed by atoms with Crippen LogP contribution in [0.15, 0.2) is 58.1 Å². The molecule has 5 heterocycles. The quantitative estimate of drug-likeness (QED) is 0.261. The molecule has 0 bridgehead atoms. The van der Waals surface area contributed by atoms with Crippen molar-refractivity contribution in [2.45, 2.75) is 38.3 Å². The molecule has 1 spiro atoms. The van der Waals surface area contributed by atoms with E-state index in [1.54, 1.807) is 20.2 Å². The molecule has 2 saturated heterocycles. The van der Waals surface area contributed by atoms with Crippen molar-refractivity contribution in [3.63, 3.8) is 0 Å². The van der Waals surface area contributed by atoms with Crippen LogP contribution in [0.1, 0.15) is 34.8 Å². The van der Waals surface area contributed by atoms with Crippen LogP contribution in [0.5, 0.6) is 5.88 Å². The smallest absolute Gasteiger partial charge is 0.330 e. The number of aryl methyl sites for hydroxylation is 3. The van der Waals surface area contributed by atoms with Crippen molar-refractivity contribution in [2.75, 3.05) is 38.7 Å². The van der Waals surface area contributed by atoms with Crippen molar-refractivity contribution in [3.8, 4) is 28.3 Å². The second-order valence-corrected chi connectivity index (χ2v) is 14.2. The normalized spacial score (nSPS) is 18.1. The van der Waals surface area contributed by atoms with Gasteiger partial charge in [0, 0.05) is 67.8 Å². The average molecular weight is 708 g/mol. The zero-order valence-corrected chi connectivity index (χ0v) is 29.8. The van der Waals surface area contributed by atoms with Gasteiger partial charge in [-0.25, -0.2) is 14.8 Å². The lowest BCUT2D eigenvalue weighted by Gasteiger charge is -2.53. The van der Waals surface area contributed by atoms with E-state index in [9.17, 15) is 14.4 Å². The molecule has 2 fully saturated rings. The second kappa shape index (κ2) is 12.3. The topological polar surface area (TPSA) is 133 Å². The summed E-state index contributed by atoms with van der Waals surface area (Å²) in [5.41, 5.74) is 7.26. The van der Waals surface area contributed by atoms with Crippen molar-refractivity contribution >= 4 is 39.9 Å². The van der Waals surface area contributed by atoms with E-state index in [1.807, 2.05) is 50.2 Å². The van der Waals surface area contributed by atoms with Crippen molar-refractivity contribution in [3.05, 3.63) is 96.8 Å². The van der Waals surface area contributed by atoms with E-state index in [-0.39, 0.29) is 24.2 Å². The van der Waals surface area contributed by atoms with Crippen LogP contribution in [-0.4, -0.2) is 68.9 Å².